The first kappa shape index (κ1) is 12.9. The molecule has 0 bridgehead atoms. The molecule has 1 fully saturated rings. The van der Waals surface area contributed by atoms with Crippen LogP contribution in [0.5, 0.6) is 0 Å². The minimum absolute atomic E-state index is 0.400. The second-order valence-electron chi connectivity index (χ2n) is 4.67. The average Bonchev–Trinajstić information content (AvgIpc) is 2.75. The minimum Gasteiger partial charge on any atom is -0.398 e. The third-order valence-corrected chi connectivity index (χ3v) is 3.58. The maximum Gasteiger partial charge on any atom is 0.0702 e. The predicted molar refractivity (Wildman–Crippen MR) is 73.9 cm³/mol. The lowest BCUT2D eigenvalue weighted by atomic mass is 10.1. The van der Waals surface area contributed by atoms with E-state index >= 15 is 0 Å². The van der Waals surface area contributed by atoms with Crippen molar-refractivity contribution in [1.82, 2.24) is 4.90 Å². The van der Waals surface area contributed by atoms with Crippen molar-refractivity contribution in [1.29, 1.82) is 0 Å². The van der Waals surface area contributed by atoms with E-state index in [1.165, 1.54) is 18.4 Å². The number of ether oxygens (including phenoxy) is 1. The molecule has 0 spiro atoms. The molecule has 3 nitrogen and oxygen atoms in total. The molecule has 4 heteroatoms. The van der Waals surface area contributed by atoms with Gasteiger partial charge in [-0.3, -0.25) is 4.90 Å². The molecule has 2 N–H and O–H groups in total. The molecular formula is C13H19BrN2O. The van der Waals surface area contributed by atoms with Crippen LogP contribution in [0.4, 0.5) is 5.69 Å². The van der Waals surface area contributed by atoms with Crippen molar-refractivity contribution >= 4 is 21.6 Å². The van der Waals surface area contributed by atoms with E-state index in [0.717, 1.165) is 29.9 Å². The number of nitrogens with zero attached hydrogens (tertiary/aromatic N) is 1. The maximum absolute atomic E-state index is 5.99. The highest BCUT2D eigenvalue weighted by molar-refractivity contribution is 9.10. The van der Waals surface area contributed by atoms with Crippen LogP contribution in [0.15, 0.2) is 22.7 Å². The third kappa shape index (κ3) is 3.69. The zero-order valence-corrected chi connectivity index (χ0v) is 11.7. The molecule has 0 amide bonds. The van der Waals surface area contributed by atoms with Crippen LogP contribution in [0.3, 0.4) is 0 Å². The Morgan fingerprint density at radius 3 is 3.00 bits per heavy atom. The van der Waals surface area contributed by atoms with Gasteiger partial charge in [0, 0.05) is 29.9 Å². The summed E-state index contributed by atoms with van der Waals surface area (Å²) >= 11 is 3.42. The van der Waals surface area contributed by atoms with E-state index in [4.69, 9.17) is 10.5 Å². The van der Waals surface area contributed by atoms with E-state index in [-0.39, 0.29) is 0 Å². The molecule has 17 heavy (non-hydrogen) atoms. The quantitative estimate of drug-likeness (QED) is 0.869. The van der Waals surface area contributed by atoms with E-state index in [2.05, 4.69) is 33.9 Å². The highest BCUT2D eigenvalue weighted by Crippen LogP contribution is 2.20. The summed E-state index contributed by atoms with van der Waals surface area (Å²) < 4.78 is 6.66. The number of anilines is 1. The summed E-state index contributed by atoms with van der Waals surface area (Å²) in [5.41, 5.74) is 8.01. The van der Waals surface area contributed by atoms with Gasteiger partial charge in [0.1, 0.15) is 0 Å². The molecule has 0 saturated carbocycles. The van der Waals surface area contributed by atoms with Gasteiger partial charge < -0.3 is 10.5 Å². The van der Waals surface area contributed by atoms with Crippen LogP contribution in [0.2, 0.25) is 0 Å². The molecule has 1 saturated heterocycles. The van der Waals surface area contributed by atoms with Crippen molar-refractivity contribution in [2.24, 2.45) is 0 Å². The first-order valence-corrected chi connectivity index (χ1v) is 6.78. The van der Waals surface area contributed by atoms with Crippen LogP contribution < -0.4 is 5.73 Å². The van der Waals surface area contributed by atoms with E-state index < -0.39 is 0 Å². The molecule has 1 atom stereocenters. The number of likely N-dealkylation sites (N-methyl/N-ethyl adjacent to an activating group) is 1. The Bertz CT molecular complexity index is 378. The van der Waals surface area contributed by atoms with Gasteiger partial charge >= 0.3 is 0 Å². The standard InChI is InChI=1S/C13H19BrN2O/c1-16(9-12-3-2-6-17-12)8-10-4-5-11(14)7-13(10)15/h4-5,7,12H,2-3,6,8-9,15H2,1H3. The number of hydrogen-bond donors (Lipinski definition) is 1. The summed E-state index contributed by atoms with van der Waals surface area (Å²) in [6, 6.07) is 6.06. The number of nitrogen functional groups attached to an aromatic ring is 1. The number of nitrogens with two attached hydrogens (primary N) is 1. The summed E-state index contributed by atoms with van der Waals surface area (Å²) in [6.07, 6.45) is 2.77. The molecular weight excluding hydrogens is 280 g/mol. The molecule has 0 radical (unpaired) electrons. The van der Waals surface area contributed by atoms with Crippen LogP contribution in [-0.2, 0) is 11.3 Å². The lowest BCUT2D eigenvalue weighted by Crippen LogP contribution is -2.28. The Kier molecular flexibility index (Phi) is 4.42. The van der Waals surface area contributed by atoms with Gasteiger partial charge in [-0.1, -0.05) is 22.0 Å². The van der Waals surface area contributed by atoms with Crippen molar-refractivity contribution < 1.29 is 4.74 Å². The van der Waals surface area contributed by atoms with Gasteiger partial charge in [0.25, 0.3) is 0 Å². The summed E-state index contributed by atoms with van der Waals surface area (Å²) in [4.78, 5) is 2.27. The molecule has 1 aromatic carbocycles. The Morgan fingerprint density at radius 1 is 1.53 bits per heavy atom. The van der Waals surface area contributed by atoms with Gasteiger partial charge in [-0.15, -0.1) is 0 Å². The van der Waals surface area contributed by atoms with Crippen LogP contribution in [-0.4, -0.2) is 31.2 Å². The van der Waals surface area contributed by atoms with Gasteiger partial charge in [0.05, 0.1) is 6.10 Å². The van der Waals surface area contributed by atoms with Crippen LogP contribution in [0.1, 0.15) is 18.4 Å². The zero-order chi connectivity index (χ0) is 12.3. The number of benzene rings is 1. The first-order chi connectivity index (χ1) is 8.15. The second kappa shape index (κ2) is 5.85. The van der Waals surface area contributed by atoms with Gasteiger partial charge in [0.15, 0.2) is 0 Å². The van der Waals surface area contributed by atoms with E-state index in [9.17, 15) is 0 Å². The Hall–Kier alpha value is -0.580. The Balaban J connectivity index is 1.90. The number of rotatable bonds is 4. The Morgan fingerprint density at radius 2 is 2.35 bits per heavy atom. The van der Waals surface area contributed by atoms with Crippen LogP contribution in [0.25, 0.3) is 0 Å². The molecule has 1 heterocycles. The predicted octanol–water partition coefficient (Wildman–Crippen LogP) is 2.64. The molecule has 1 aromatic rings. The van der Waals surface area contributed by atoms with E-state index in [0.29, 0.717) is 6.10 Å². The molecule has 94 valence electrons. The summed E-state index contributed by atoms with van der Waals surface area (Å²) in [6.45, 7) is 2.77. The minimum atomic E-state index is 0.400. The zero-order valence-electron chi connectivity index (χ0n) is 10.2. The number of hydrogen-bond acceptors (Lipinski definition) is 3. The fourth-order valence-electron chi connectivity index (χ4n) is 2.20. The van der Waals surface area contributed by atoms with Gasteiger partial charge in [-0.05, 0) is 37.6 Å². The highest BCUT2D eigenvalue weighted by atomic mass is 79.9. The summed E-state index contributed by atoms with van der Waals surface area (Å²) in [5, 5.41) is 0. The van der Waals surface area contributed by atoms with E-state index in [1.54, 1.807) is 0 Å². The van der Waals surface area contributed by atoms with Crippen LogP contribution in [0, 0.1) is 0 Å². The first-order valence-electron chi connectivity index (χ1n) is 5.99. The monoisotopic (exact) mass is 298 g/mol. The SMILES string of the molecule is CN(Cc1ccc(Br)cc1N)CC1CCCO1. The summed E-state index contributed by atoms with van der Waals surface area (Å²) in [7, 11) is 2.11. The smallest absolute Gasteiger partial charge is 0.0702 e. The fourth-order valence-corrected chi connectivity index (χ4v) is 2.58. The van der Waals surface area contributed by atoms with Crippen LogP contribution >= 0.6 is 15.9 Å². The summed E-state index contributed by atoms with van der Waals surface area (Å²) in [5.74, 6) is 0. The molecule has 0 aliphatic carbocycles. The average molecular weight is 299 g/mol. The largest absolute Gasteiger partial charge is 0.398 e. The lowest BCUT2D eigenvalue weighted by Gasteiger charge is -2.21. The molecule has 1 unspecified atom stereocenters. The van der Waals surface area contributed by atoms with Gasteiger partial charge in [-0.25, -0.2) is 0 Å². The van der Waals surface area contributed by atoms with Crippen molar-refractivity contribution in [2.75, 3.05) is 25.9 Å². The molecule has 0 aromatic heterocycles. The molecule has 1 aliphatic heterocycles. The van der Waals surface area contributed by atoms with Crippen molar-refractivity contribution in [2.45, 2.75) is 25.5 Å². The lowest BCUT2D eigenvalue weighted by molar-refractivity contribution is 0.0794. The second-order valence-corrected chi connectivity index (χ2v) is 5.59. The Labute approximate surface area is 111 Å². The maximum atomic E-state index is 5.99. The van der Waals surface area contributed by atoms with Gasteiger partial charge in [-0.2, -0.15) is 0 Å². The molecule has 2 rings (SSSR count). The normalized spacial score (nSPS) is 20.1. The fraction of sp³-hybridized carbons (Fsp3) is 0.538. The molecule has 1 aliphatic rings. The van der Waals surface area contributed by atoms with Gasteiger partial charge in [0.2, 0.25) is 0 Å². The topological polar surface area (TPSA) is 38.5 Å². The number of halogens is 1. The highest BCUT2D eigenvalue weighted by Gasteiger charge is 2.17. The van der Waals surface area contributed by atoms with E-state index in [1.807, 2.05) is 12.1 Å². The third-order valence-electron chi connectivity index (χ3n) is 3.09. The van der Waals surface area contributed by atoms with Crippen molar-refractivity contribution in [3.63, 3.8) is 0 Å². The van der Waals surface area contributed by atoms with Crippen molar-refractivity contribution in [3.05, 3.63) is 28.2 Å². The van der Waals surface area contributed by atoms with Crippen molar-refractivity contribution in [3.8, 4) is 0 Å².